The van der Waals surface area contributed by atoms with Gasteiger partial charge < -0.3 is 10.6 Å². The summed E-state index contributed by atoms with van der Waals surface area (Å²) in [4.78, 5) is 19.1. The molecule has 0 saturated carbocycles. The molecule has 0 bridgehead atoms. The highest BCUT2D eigenvalue weighted by atomic mass is 16.2. The molecule has 1 aromatic heterocycles. The van der Waals surface area contributed by atoms with Crippen LogP contribution in [-0.2, 0) is 4.79 Å². The first kappa shape index (κ1) is 14.5. The second-order valence-electron chi connectivity index (χ2n) is 6.06. The third-order valence-corrected chi connectivity index (χ3v) is 4.67. The first-order valence-corrected chi connectivity index (χ1v) is 7.93. The smallest absolute Gasteiger partial charge is 0.241 e. The van der Waals surface area contributed by atoms with Gasteiger partial charge in [-0.1, -0.05) is 0 Å². The van der Waals surface area contributed by atoms with Crippen molar-refractivity contribution in [3.05, 3.63) is 24.0 Å². The van der Waals surface area contributed by atoms with Crippen LogP contribution < -0.4 is 10.6 Å². The van der Waals surface area contributed by atoms with Crippen molar-refractivity contribution in [1.29, 1.82) is 0 Å². The number of amides is 1. The number of pyridine rings is 1. The SMILES string of the molecule is Cc1ccncc1NC(=O)C1CCCN1C1CCNCC1. The number of aromatic nitrogens is 1. The van der Waals surface area contributed by atoms with Gasteiger partial charge in [-0.05, 0) is 63.9 Å². The largest absolute Gasteiger partial charge is 0.323 e. The van der Waals surface area contributed by atoms with Crippen molar-refractivity contribution < 1.29 is 4.79 Å². The van der Waals surface area contributed by atoms with Crippen molar-refractivity contribution in [2.24, 2.45) is 0 Å². The molecule has 0 spiro atoms. The summed E-state index contributed by atoms with van der Waals surface area (Å²) in [6.45, 7) is 5.18. The van der Waals surface area contributed by atoms with Crippen LogP contribution in [0.1, 0.15) is 31.2 Å². The molecular formula is C16H24N4O. The van der Waals surface area contributed by atoms with Gasteiger partial charge in [-0.25, -0.2) is 0 Å². The molecule has 1 unspecified atom stereocenters. The Morgan fingerprint density at radius 2 is 2.19 bits per heavy atom. The Balaban J connectivity index is 1.67. The predicted molar refractivity (Wildman–Crippen MR) is 83.2 cm³/mol. The molecule has 1 amide bonds. The van der Waals surface area contributed by atoms with Crippen LogP contribution in [0, 0.1) is 6.92 Å². The van der Waals surface area contributed by atoms with E-state index in [0.717, 1.165) is 56.6 Å². The van der Waals surface area contributed by atoms with E-state index in [-0.39, 0.29) is 11.9 Å². The number of carbonyl (C=O) groups excluding carboxylic acids is 1. The summed E-state index contributed by atoms with van der Waals surface area (Å²) in [5, 5.41) is 6.46. The van der Waals surface area contributed by atoms with Crippen molar-refractivity contribution in [3.63, 3.8) is 0 Å². The van der Waals surface area contributed by atoms with Crippen LogP contribution in [0.25, 0.3) is 0 Å². The van der Waals surface area contributed by atoms with Gasteiger partial charge in [0.2, 0.25) is 5.91 Å². The molecule has 21 heavy (non-hydrogen) atoms. The fourth-order valence-corrected chi connectivity index (χ4v) is 3.46. The van der Waals surface area contributed by atoms with Gasteiger partial charge in [0.25, 0.3) is 0 Å². The van der Waals surface area contributed by atoms with Gasteiger partial charge in [0.05, 0.1) is 17.9 Å². The van der Waals surface area contributed by atoms with E-state index in [1.54, 1.807) is 12.4 Å². The number of hydrogen-bond acceptors (Lipinski definition) is 4. The highest BCUT2D eigenvalue weighted by Gasteiger charge is 2.35. The summed E-state index contributed by atoms with van der Waals surface area (Å²) in [5.41, 5.74) is 1.89. The monoisotopic (exact) mass is 288 g/mol. The molecule has 0 aliphatic carbocycles. The van der Waals surface area contributed by atoms with E-state index in [2.05, 4.69) is 20.5 Å². The average Bonchev–Trinajstić information content (AvgIpc) is 3.00. The van der Waals surface area contributed by atoms with E-state index in [4.69, 9.17) is 0 Å². The normalized spacial score (nSPS) is 24.1. The maximum Gasteiger partial charge on any atom is 0.241 e. The Kier molecular flexibility index (Phi) is 4.51. The van der Waals surface area contributed by atoms with Gasteiger partial charge in [-0.15, -0.1) is 0 Å². The number of anilines is 1. The molecular weight excluding hydrogens is 264 g/mol. The number of aryl methyl sites for hydroxylation is 1. The van der Waals surface area contributed by atoms with E-state index in [1.165, 1.54) is 0 Å². The minimum absolute atomic E-state index is 0.0210. The molecule has 1 aromatic rings. The predicted octanol–water partition coefficient (Wildman–Crippen LogP) is 1.54. The summed E-state index contributed by atoms with van der Waals surface area (Å²) in [6.07, 6.45) is 7.87. The van der Waals surface area contributed by atoms with Gasteiger partial charge in [-0.2, -0.15) is 0 Å². The maximum atomic E-state index is 12.6. The van der Waals surface area contributed by atoms with E-state index in [0.29, 0.717) is 6.04 Å². The molecule has 2 aliphatic rings. The molecule has 0 aromatic carbocycles. The van der Waals surface area contributed by atoms with Gasteiger partial charge in [-0.3, -0.25) is 14.7 Å². The van der Waals surface area contributed by atoms with Crippen molar-refractivity contribution >= 4 is 11.6 Å². The fraction of sp³-hybridized carbons (Fsp3) is 0.625. The molecule has 114 valence electrons. The lowest BCUT2D eigenvalue weighted by Crippen LogP contribution is -2.49. The molecule has 3 rings (SSSR count). The molecule has 2 N–H and O–H groups in total. The lowest BCUT2D eigenvalue weighted by atomic mass is 10.0. The molecule has 1 atom stereocenters. The quantitative estimate of drug-likeness (QED) is 0.886. The van der Waals surface area contributed by atoms with Crippen LogP contribution in [0.15, 0.2) is 18.5 Å². The van der Waals surface area contributed by atoms with E-state index in [1.807, 2.05) is 13.0 Å². The Hall–Kier alpha value is -1.46. The number of nitrogens with zero attached hydrogens (tertiary/aromatic N) is 2. The summed E-state index contributed by atoms with van der Waals surface area (Å²) in [5.74, 6) is 0.127. The summed E-state index contributed by atoms with van der Waals surface area (Å²) >= 11 is 0. The Labute approximate surface area is 126 Å². The third kappa shape index (κ3) is 3.24. The zero-order valence-corrected chi connectivity index (χ0v) is 12.6. The third-order valence-electron chi connectivity index (χ3n) is 4.67. The lowest BCUT2D eigenvalue weighted by Gasteiger charge is -2.35. The summed E-state index contributed by atoms with van der Waals surface area (Å²) < 4.78 is 0. The highest BCUT2D eigenvalue weighted by molar-refractivity contribution is 5.95. The number of rotatable bonds is 3. The van der Waals surface area contributed by atoms with Crippen LogP contribution in [-0.4, -0.2) is 47.5 Å². The Morgan fingerprint density at radius 1 is 1.38 bits per heavy atom. The van der Waals surface area contributed by atoms with Crippen molar-refractivity contribution in [3.8, 4) is 0 Å². The number of piperidine rings is 1. The van der Waals surface area contributed by atoms with E-state index in [9.17, 15) is 4.79 Å². The summed E-state index contributed by atoms with van der Waals surface area (Å²) in [7, 11) is 0. The molecule has 3 heterocycles. The van der Waals surface area contributed by atoms with Gasteiger partial charge in [0, 0.05) is 12.2 Å². The molecule has 2 saturated heterocycles. The molecule has 0 radical (unpaired) electrons. The Morgan fingerprint density at radius 3 is 2.95 bits per heavy atom. The molecule has 5 heteroatoms. The topological polar surface area (TPSA) is 57.3 Å². The zero-order chi connectivity index (χ0) is 14.7. The number of nitrogens with one attached hydrogen (secondary N) is 2. The summed E-state index contributed by atoms with van der Waals surface area (Å²) in [6, 6.07) is 2.50. The molecule has 2 aliphatic heterocycles. The molecule has 2 fully saturated rings. The van der Waals surface area contributed by atoms with Crippen molar-refractivity contribution in [1.82, 2.24) is 15.2 Å². The number of carbonyl (C=O) groups is 1. The second-order valence-corrected chi connectivity index (χ2v) is 6.06. The fourth-order valence-electron chi connectivity index (χ4n) is 3.46. The van der Waals surface area contributed by atoms with Crippen LogP contribution in [0.4, 0.5) is 5.69 Å². The number of likely N-dealkylation sites (tertiary alicyclic amines) is 1. The maximum absolute atomic E-state index is 12.6. The van der Waals surface area contributed by atoms with Gasteiger partial charge in [0.15, 0.2) is 0 Å². The zero-order valence-electron chi connectivity index (χ0n) is 12.6. The number of hydrogen-bond donors (Lipinski definition) is 2. The highest BCUT2D eigenvalue weighted by Crippen LogP contribution is 2.25. The minimum atomic E-state index is 0.0210. The van der Waals surface area contributed by atoms with Crippen LogP contribution in [0.3, 0.4) is 0 Å². The second kappa shape index (κ2) is 6.54. The first-order chi connectivity index (χ1) is 10.3. The van der Waals surface area contributed by atoms with E-state index < -0.39 is 0 Å². The van der Waals surface area contributed by atoms with E-state index >= 15 is 0 Å². The van der Waals surface area contributed by atoms with Crippen LogP contribution in [0.2, 0.25) is 0 Å². The standard InChI is InChI=1S/C16H24N4O/c1-12-4-7-18-11-14(12)19-16(21)15-3-2-10-20(15)13-5-8-17-9-6-13/h4,7,11,13,15,17H,2-3,5-6,8-10H2,1H3,(H,19,21). The van der Waals surface area contributed by atoms with Crippen molar-refractivity contribution in [2.45, 2.75) is 44.7 Å². The average molecular weight is 288 g/mol. The molecule has 5 nitrogen and oxygen atoms in total. The van der Waals surface area contributed by atoms with Gasteiger partial charge in [0.1, 0.15) is 0 Å². The Bertz CT molecular complexity index is 499. The minimum Gasteiger partial charge on any atom is -0.323 e. The first-order valence-electron chi connectivity index (χ1n) is 7.93. The van der Waals surface area contributed by atoms with Gasteiger partial charge >= 0.3 is 0 Å². The van der Waals surface area contributed by atoms with Crippen LogP contribution >= 0.6 is 0 Å². The van der Waals surface area contributed by atoms with Crippen molar-refractivity contribution in [2.75, 3.05) is 25.0 Å². The van der Waals surface area contributed by atoms with Crippen LogP contribution in [0.5, 0.6) is 0 Å². The lowest BCUT2D eigenvalue weighted by molar-refractivity contribution is -0.121.